The van der Waals surface area contributed by atoms with Gasteiger partial charge in [0.1, 0.15) is 0 Å². The topological polar surface area (TPSA) is 57.6 Å². The van der Waals surface area contributed by atoms with E-state index in [1.807, 2.05) is 0 Å². The van der Waals surface area contributed by atoms with Gasteiger partial charge in [-0.05, 0) is 12.8 Å². The Balaban J connectivity index is 2.53. The van der Waals surface area contributed by atoms with E-state index >= 15 is 0 Å². The molecule has 1 N–H and O–H groups in total. The molecule has 0 radical (unpaired) electrons. The maximum atomic E-state index is 11.3. The number of carbonyl (C=O) groups excluding carboxylic acids is 1. The zero-order valence-corrected chi connectivity index (χ0v) is 7.82. The third kappa shape index (κ3) is 2.44. The Hall–Kier alpha value is -1.06. The van der Waals surface area contributed by atoms with E-state index in [2.05, 4.69) is 0 Å². The first-order valence-electron chi connectivity index (χ1n) is 4.66. The minimum Gasteiger partial charge on any atom is -0.481 e. The van der Waals surface area contributed by atoms with Gasteiger partial charge in [-0.15, -0.1) is 0 Å². The van der Waals surface area contributed by atoms with Crippen molar-refractivity contribution in [1.29, 1.82) is 0 Å². The van der Waals surface area contributed by atoms with E-state index in [4.69, 9.17) is 5.11 Å². The SMILES string of the molecule is CCC(=O)N1CCCC1CC(=O)O. The van der Waals surface area contributed by atoms with Crippen LogP contribution in [0.3, 0.4) is 0 Å². The van der Waals surface area contributed by atoms with E-state index in [1.165, 1.54) is 0 Å². The highest BCUT2D eigenvalue weighted by Gasteiger charge is 2.28. The summed E-state index contributed by atoms with van der Waals surface area (Å²) < 4.78 is 0. The summed E-state index contributed by atoms with van der Waals surface area (Å²) >= 11 is 0. The van der Waals surface area contributed by atoms with Gasteiger partial charge in [0.25, 0.3) is 0 Å². The van der Waals surface area contributed by atoms with Crippen LogP contribution in [-0.2, 0) is 9.59 Å². The number of aliphatic carboxylic acids is 1. The van der Waals surface area contributed by atoms with Crippen LogP contribution in [0.2, 0.25) is 0 Å². The number of amides is 1. The second kappa shape index (κ2) is 4.25. The van der Waals surface area contributed by atoms with Crippen molar-refractivity contribution in [3.05, 3.63) is 0 Å². The number of hydrogen-bond acceptors (Lipinski definition) is 2. The predicted molar refractivity (Wildman–Crippen MR) is 47.3 cm³/mol. The van der Waals surface area contributed by atoms with Crippen molar-refractivity contribution in [2.75, 3.05) is 6.54 Å². The summed E-state index contributed by atoms with van der Waals surface area (Å²) in [5, 5.41) is 8.61. The maximum Gasteiger partial charge on any atom is 0.305 e. The minimum absolute atomic E-state index is 0.0649. The summed E-state index contributed by atoms with van der Waals surface area (Å²) in [6.07, 6.45) is 2.32. The fourth-order valence-corrected chi connectivity index (χ4v) is 1.78. The first-order chi connectivity index (χ1) is 6.15. The molecule has 1 aliphatic rings. The number of likely N-dealkylation sites (tertiary alicyclic amines) is 1. The molecule has 0 spiro atoms. The molecule has 1 atom stereocenters. The van der Waals surface area contributed by atoms with Crippen LogP contribution in [0, 0.1) is 0 Å². The number of rotatable bonds is 3. The van der Waals surface area contributed by atoms with Crippen LogP contribution in [0.25, 0.3) is 0 Å². The molecule has 0 saturated carbocycles. The van der Waals surface area contributed by atoms with Crippen molar-refractivity contribution in [2.45, 2.75) is 38.6 Å². The number of nitrogens with zero attached hydrogens (tertiary/aromatic N) is 1. The average molecular weight is 185 g/mol. The van der Waals surface area contributed by atoms with Crippen molar-refractivity contribution in [2.24, 2.45) is 0 Å². The van der Waals surface area contributed by atoms with Crippen molar-refractivity contribution >= 4 is 11.9 Å². The monoisotopic (exact) mass is 185 g/mol. The lowest BCUT2D eigenvalue weighted by Crippen LogP contribution is -2.36. The molecular weight excluding hydrogens is 170 g/mol. The van der Waals surface area contributed by atoms with Gasteiger partial charge in [-0.1, -0.05) is 6.92 Å². The largest absolute Gasteiger partial charge is 0.481 e. The third-order valence-electron chi connectivity index (χ3n) is 2.41. The van der Waals surface area contributed by atoms with E-state index < -0.39 is 5.97 Å². The Morgan fingerprint density at radius 3 is 2.77 bits per heavy atom. The number of carbonyl (C=O) groups is 2. The maximum absolute atomic E-state index is 11.3. The predicted octanol–water partition coefficient (Wildman–Crippen LogP) is 0.862. The van der Waals surface area contributed by atoms with Gasteiger partial charge in [0.15, 0.2) is 0 Å². The normalized spacial score (nSPS) is 21.9. The number of carboxylic acids is 1. The second-order valence-corrected chi connectivity index (χ2v) is 3.33. The quantitative estimate of drug-likeness (QED) is 0.709. The molecule has 1 heterocycles. The lowest BCUT2D eigenvalue weighted by molar-refractivity contribution is -0.139. The van der Waals surface area contributed by atoms with Crippen molar-refractivity contribution in [3.63, 3.8) is 0 Å². The van der Waals surface area contributed by atoms with E-state index in [0.717, 1.165) is 19.4 Å². The zero-order valence-electron chi connectivity index (χ0n) is 7.82. The fourth-order valence-electron chi connectivity index (χ4n) is 1.78. The van der Waals surface area contributed by atoms with Crippen LogP contribution in [-0.4, -0.2) is 34.5 Å². The van der Waals surface area contributed by atoms with Gasteiger partial charge < -0.3 is 10.0 Å². The van der Waals surface area contributed by atoms with Crippen LogP contribution < -0.4 is 0 Å². The van der Waals surface area contributed by atoms with Crippen LogP contribution >= 0.6 is 0 Å². The lowest BCUT2D eigenvalue weighted by Gasteiger charge is -2.22. The molecule has 4 nitrogen and oxygen atoms in total. The Bertz CT molecular complexity index is 215. The summed E-state index contributed by atoms with van der Waals surface area (Å²) in [6, 6.07) is -0.0649. The highest BCUT2D eigenvalue weighted by atomic mass is 16.4. The van der Waals surface area contributed by atoms with Gasteiger partial charge in [0.2, 0.25) is 5.91 Å². The van der Waals surface area contributed by atoms with E-state index in [-0.39, 0.29) is 18.4 Å². The molecule has 4 heteroatoms. The number of hydrogen-bond donors (Lipinski definition) is 1. The molecule has 1 unspecified atom stereocenters. The third-order valence-corrected chi connectivity index (χ3v) is 2.41. The smallest absolute Gasteiger partial charge is 0.305 e. The molecule has 1 aliphatic heterocycles. The summed E-state index contributed by atoms with van der Waals surface area (Å²) in [4.78, 5) is 23.5. The lowest BCUT2D eigenvalue weighted by atomic mass is 10.1. The van der Waals surface area contributed by atoms with E-state index in [1.54, 1.807) is 11.8 Å². The first-order valence-corrected chi connectivity index (χ1v) is 4.66. The summed E-state index contributed by atoms with van der Waals surface area (Å²) in [6.45, 7) is 2.53. The van der Waals surface area contributed by atoms with Gasteiger partial charge >= 0.3 is 5.97 Å². The molecule has 1 amide bonds. The van der Waals surface area contributed by atoms with Crippen molar-refractivity contribution in [1.82, 2.24) is 4.90 Å². The Labute approximate surface area is 77.5 Å². The van der Waals surface area contributed by atoms with Gasteiger partial charge in [-0.25, -0.2) is 0 Å². The van der Waals surface area contributed by atoms with Gasteiger partial charge in [-0.3, -0.25) is 9.59 Å². The van der Waals surface area contributed by atoms with Crippen LogP contribution in [0.1, 0.15) is 32.6 Å². The molecule has 1 rings (SSSR count). The first kappa shape index (κ1) is 10.0. The van der Waals surface area contributed by atoms with E-state index in [0.29, 0.717) is 6.42 Å². The molecule has 0 bridgehead atoms. The highest BCUT2D eigenvalue weighted by Crippen LogP contribution is 2.20. The Kier molecular flexibility index (Phi) is 3.28. The fraction of sp³-hybridized carbons (Fsp3) is 0.778. The molecule has 74 valence electrons. The second-order valence-electron chi connectivity index (χ2n) is 3.33. The van der Waals surface area contributed by atoms with Crippen LogP contribution in [0.15, 0.2) is 0 Å². The molecule has 13 heavy (non-hydrogen) atoms. The summed E-state index contributed by atoms with van der Waals surface area (Å²) in [5.41, 5.74) is 0. The van der Waals surface area contributed by atoms with Crippen LogP contribution in [0.4, 0.5) is 0 Å². The zero-order chi connectivity index (χ0) is 9.84. The van der Waals surface area contributed by atoms with Gasteiger partial charge in [0.05, 0.1) is 6.42 Å². The molecule has 1 fully saturated rings. The van der Waals surface area contributed by atoms with Gasteiger partial charge in [0, 0.05) is 19.0 Å². The van der Waals surface area contributed by atoms with Crippen LogP contribution in [0.5, 0.6) is 0 Å². The number of carboxylic acid groups (broad SMARTS) is 1. The van der Waals surface area contributed by atoms with Crippen molar-refractivity contribution in [3.8, 4) is 0 Å². The molecule has 0 aromatic carbocycles. The Morgan fingerprint density at radius 2 is 2.23 bits per heavy atom. The van der Waals surface area contributed by atoms with Gasteiger partial charge in [-0.2, -0.15) is 0 Å². The minimum atomic E-state index is -0.819. The molecule has 0 aliphatic carbocycles. The summed E-state index contributed by atoms with van der Waals surface area (Å²) in [7, 11) is 0. The standard InChI is InChI=1S/C9H15NO3/c1-2-8(11)10-5-3-4-7(10)6-9(12)13/h7H,2-6H2,1H3,(H,12,13). The van der Waals surface area contributed by atoms with E-state index in [9.17, 15) is 9.59 Å². The Morgan fingerprint density at radius 1 is 1.54 bits per heavy atom. The summed E-state index contributed by atoms with van der Waals surface area (Å²) in [5.74, 6) is -0.746. The molecule has 0 aromatic heterocycles. The molecular formula is C9H15NO3. The molecule has 1 saturated heterocycles. The molecule has 0 aromatic rings. The average Bonchev–Trinajstić information content (AvgIpc) is 2.50. The highest BCUT2D eigenvalue weighted by molar-refractivity contribution is 5.77. The van der Waals surface area contributed by atoms with Crippen molar-refractivity contribution < 1.29 is 14.7 Å².